The molecule has 1 aliphatic rings. The third-order valence-electron chi connectivity index (χ3n) is 7.41. The van der Waals surface area contributed by atoms with Crippen LogP contribution in [0.15, 0.2) is 36.4 Å². The van der Waals surface area contributed by atoms with Crippen LogP contribution in [0.2, 0.25) is 51.4 Å². The Morgan fingerprint density at radius 1 is 0.978 bits per heavy atom. The van der Waals surface area contributed by atoms with Gasteiger partial charge in [-0.2, -0.15) is 0 Å². The Morgan fingerprint density at radius 2 is 1.58 bits per heavy atom. The number of benzene rings is 1. The van der Waals surface area contributed by atoms with Gasteiger partial charge in [0.1, 0.15) is 17.9 Å². The fourth-order valence-corrected chi connectivity index (χ4v) is 5.75. The van der Waals surface area contributed by atoms with Gasteiger partial charge in [-0.3, -0.25) is 19.7 Å². The van der Waals surface area contributed by atoms with E-state index in [4.69, 9.17) is 18.9 Å². The summed E-state index contributed by atoms with van der Waals surface area (Å²) in [7, 11) is -2.92. The molecule has 0 spiro atoms. The van der Waals surface area contributed by atoms with E-state index in [1.165, 1.54) is 24.3 Å². The molecule has 250 valence electrons. The summed E-state index contributed by atoms with van der Waals surface area (Å²) >= 11 is 0. The van der Waals surface area contributed by atoms with Crippen molar-refractivity contribution < 1.29 is 43.0 Å². The van der Waals surface area contributed by atoms with Crippen LogP contribution < -0.4 is 10.1 Å². The van der Waals surface area contributed by atoms with E-state index in [1.807, 2.05) is 6.08 Å². The average Bonchev–Trinajstić information content (AvgIpc) is 2.91. The summed E-state index contributed by atoms with van der Waals surface area (Å²) in [6.45, 7) is 15.2. The first-order valence-corrected chi connectivity index (χ1v) is 22.7. The fourth-order valence-electron chi connectivity index (χ4n) is 4.32. The van der Waals surface area contributed by atoms with E-state index < -0.39 is 62.6 Å². The lowest BCUT2D eigenvalue weighted by atomic mass is 9.77. The van der Waals surface area contributed by atoms with Gasteiger partial charge in [0, 0.05) is 33.7 Å². The van der Waals surface area contributed by atoms with Crippen molar-refractivity contribution >= 4 is 45.8 Å². The maximum Gasteiger partial charge on any atom is 0.514 e. The van der Waals surface area contributed by atoms with Crippen molar-refractivity contribution in [1.29, 1.82) is 0 Å². The van der Waals surface area contributed by atoms with E-state index in [1.54, 1.807) is 13.0 Å². The molecule has 0 aromatic heterocycles. The van der Waals surface area contributed by atoms with Crippen molar-refractivity contribution in [2.45, 2.75) is 103 Å². The van der Waals surface area contributed by atoms with Gasteiger partial charge in [0.05, 0.1) is 24.6 Å². The standard InChI is InChI=1S/C31H48N2O10Si2/c1-31(16-9-8-10-24(15-17-31)42-30(37)43-25-13-11-23(12-14-25)33(38)39)29(36)32-26(28(35)41-19-21-45(5,6)7)22-27(34)40-18-20-44(2,3)4/h8,10-14,24,26H,9,15-22H2,1-7H3,(H,32,36)/b10-8-/t24-,26-,31+/m0/s1. The molecule has 0 saturated carbocycles. The molecule has 1 aromatic rings. The Hall–Kier alpha value is -3.53. The quantitative estimate of drug-likeness (QED) is 0.0458. The number of nitrogens with one attached hydrogen (secondary N) is 1. The second-order valence-corrected chi connectivity index (χ2v) is 25.3. The van der Waals surface area contributed by atoms with Crippen molar-refractivity contribution in [2.75, 3.05) is 13.2 Å². The van der Waals surface area contributed by atoms with Gasteiger partial charge in [0.2, 0.25) is 5.91 Å². The van der Waals surface area contributed by atoms with Crippen molar-refractivity contribution in [3.05, 3.63) is 46.5 Å². The third-order valence-corrected chi connectivity index (χ3v) is 10.8. The van der Waals surface area contributed by atoms with Crippen LogP contribution >= 0.6 is 0 Å². The molecule has 45 heavy (non-hydrogen) atoms. The number of non-ortho nitro benzene ring substituents is 1. The Bertz CT molecular complexity index is 1220. The second-order valence-electron chi connectivity index (χ2n) is 14.1. The first-order valence-electron chi connectivity index (χ1n) is 15.3. The highest BCUT2D eigenvalue weighted by Gasteiger charge is 2.38. The molecule has 0 fully saturated rings. The highest BCUT2D eigenvalue weighted by molar-refractivity contribution is 6.76. The van der Waals surface area contributed by atoms with Crippen molar-refractivity contribution in [3.8, 4) is 5.75 Å². The van der Waals surface area contributed by atoms with Crippen LogP contribution in [0.5, 0.6) is 5.75 Å². The number of hydrogen-bond donors (Lipinski definition) is 1. The molecule has 1 aliphatic carbocycles. The normalized spacial score (nSPS) is 20.0. The maximum atomic E-state index is 13.6. The minimum absolute atomic E-state index is 0.0893. The number of nitrogens with zero attached hydrogens (tertiary/aromatic N) is 1. The van der Waals surface area contributed by atoms with E-state index in [-0.39, 0.29) is 31.1 Å². The average molecular weight is 665 g/mol. The zero-order valence-corrected chi connectivity index (χ0v) is 29.5. The van der Waals surface area contributed by atoms with E-state index in [9.17, 15) is 29.3 Å². The molecule has 2 rings (SSSR count). The van der Waals surface area contributed by atoms with Gasteiger partial charge in [-0.05, 0) is 56.0 Å². The lowest BCUT2D eigenvalue weighted by molar-refractivity contribution is -0.384. The molecule has 14 heteroatoms. The van der Waals surface area contributed by atoms with Gasteiger partial charge in [-0.15, -0.1) is 0 Å². The monoisotopic (exact) mass is 664 g/mol. The summed E-state index contributed by atoms with van der Waals surface area (Å²) in [5, 5.41) is 13.6. The number of hydrogen-bond acceptors (Lipinski definition) is 10. The smallest absolute Gasteiger partial charge is 0.466 e. The van der Waals surface area contributed by atoms with E-state index in [0.29, 0.717) is 25.7 Å². The summed E-state index contributed by atoms with van der Waals surface area (Å²) in [5.74, 6) is -1.57. The molecular formula is C31H48N2O10Si2. The number of rotatable bonds is 14. The predicted octanol–water partition coefficient (Wildman–Crippen LogP) is 6.25. The fraction of sp³-hybridized carbons (Fsp3) is 0.613. The van der Waals surface area contributed by atoms with Crippen LogP contribution in [0.3, 0.4) is 0 Å². The first-order chi connectivity index (χ1) is 20.9. The summed E-state index contributed by atoms with van der Waals surface area (Å²) in [4.78, 5) is 62.1. The zero-order valence-electron chi connectivity index (χ0n) is 27.5. The van der Waals surface area contributed by atoms with Crippen LogP contribution in [0.4, 0.5) is 10.5 Å². The number of amides is 1. The topological polar surface area (TPSA) is 160 Å². The highest BCUT2D eigenvalue weighted by atomic mass is 28.3. The molecule has 3 atom stereocenters. The molecule has 0 saturated heterocycles. The molecule has 1 aromatic carbocycles. The van der Waals surface area contributed by atoms with Gasteiger partial charge < -0.3 is 24.3 Å². The molecule has 0 aliphatic heterocycles. The number of nitro groups is 1. The number of nitro benzene ring substituents is 1. The van der Waals surface area contributed by atoms with Gasteiger partial charge in [0.25, 0.3) is 5.69 Å². The van der Waals surface area contributed by atoms with E-state index in [0.717, 1.165) is 12.1 Å². The van der Waals surface area contributed by atoms with Gasteiger partial charge in [0.15, 0.2) is 0 Å². The molecule has 1 amide bonds. The molecular weight excluding hydrogens is 617 g/mol. The van der Waals surface area contributed by atoms with Gasteiger partial charge >= 0.3 is 18.1 Å². The number of ether oxygens (including phenoxy) is 4. The van der Waals surface area contributed by atoms with Crippen LogP contribution in [-0.4, -0.2) is 70.4 Å². The molecule has 0 radical (unpaired) electrons. The summed E-state index contributed by atoms with van der Waals surface area (Å²) in [5.41, 5.74) is -1.08. The van der Waals surface area contributed by atoms with Gasteiger partial charge in [-0.1, -0.05) is 52.3 Å². The minimum Gasteiger partial charge on any atom is -0.466 e. The number of carbonyl (C=O) groups is 4. The Morgan fingerprint density at radius 3 is 2.16 bits per heavy atom. The Labute approximate surface area is 267 Å². The molecule has 0 heterocycles. The summed E-state index contributed by atoms with van der Waals surface area (Å²) in [6, 6.07) is 5.35. The SMILES string of the molecule is C[C@@]1(C(=O)N[C@@H](CC(=O)OCC[Si](C)(C)C)C(=O)OCC[Si](C)(C)C)CC/C=C\[C@H](OC(=O)Oc2ccc([N+](=O)[O-])cc2)CC1. The van der Waals surface area contributed by atoms with Crippen molar-refractivity contribution in [2.24, 2.45) is 5.41 Å². The molecule has 1 N–H and O–H groups in total. The lowest BCUT2D eigenvalue weighted by Gasteiger charge is -2.32. The molecule has 0 unspecified atom stereocenters. The minimum atomic E-state index is -1.48. The Balaban J connectivity index is 2.04. The van der Waals surface area contributed by atoms with Crippen LogP contribution in [-0.2, 0) is 28.6 Å². The molecule has 12 nitrogen and oxygen atoms in total. The predicted molar refractivity (Wildman–Crippen MR) is 174 cm³/mol. The number of carbonyl (C=O) groups excluding carboxylic acids is 4. The highest BCUT2D eigenvalue weighted by Crippen LogP contribution is 2.33. The van der Waals surface area contributed by atoms with Gasteiger partial charge in [-0.25, -0.2) is 9.59 Å². The summed E-state index contributed by atoms with van der Waals surface area (Å²) in [6.07, 6.45) is 3.11. The number of allylic oxidation sites excluding steroid dienone is 1. The van der Waals surface area contributed by atoms with E-state index in [2.05, 4.69) is 44.6 Å². The Kier molecular flexibility index (Phi) is 14.0. The lowest BCUT2D eigenvalue weighted by Crippen LogP contribution is -2.49. The summed E-state index contributed by atoms with van der Waals surface area (Å²) < 4.78 is 21.5. The van der Waals surface area contributed by atoms with Crippen molar-refractivity contribution in [1.82, 2.24) is 5.32 Å². The maximum absolute atomic E-state index is 13.6. The van der Waals surface area contributed by atoms with Crippen molar-refractivity contribution in [3.63, 3.8) is 0 Å². The van der Waals surface area contributed by atoms with Crippen LogP contribution in [0, 0.1) is 15.5 Å². The largest absolute Gasteiger partial charge is 0.514 e. The second kappa shape index (κ2) is 16.7. The molecule has 0 bridgehead atoms. The van der Waals surface area contributed by atoms with Crippen LogP contribution in [0.25, 0.3) is 0 Å². The third kappa shape index (κ3) is 14.4. The zero-order chi connectivity index (χ0) is 33.8. The number of esters is 2. The van der Waals surface area contributed by atoms with E-state index >= 15 is 0 Å². The van der Waals surface area contributed by atoms with Crippen LogP contribution in [0.1, 0.15) is 39.0 Å². The first kappa shape index (κ1) is 37.7.